The number of rotatable bonds is 4. The molecule has 2 aromatic heterocycles. The Morgan fingerprint density at radius 3 is 2.68 bits per heavy atom. The average molecular weight is 311 g/mol. The number of thioether (sulfide) groups is 1. The first kappa shape index (κ1) is 14.3. The molecule has 6 nitrogen and oxygen atoms in total. The van der Waals surface area contributed by atoms with Crippen LogP contribution in [0.3, 0.4) is 0 Å². The number of para-hydroxylation sites is 1. The van der Waals surface area contributed by atoms with Gasteiger partial charge in [-0.25, -0.2) is 4.68 Å². The fraction of sp³-hybridized carbons (Fsp3) is 0.0667. The van der Waals surface area contributed by atoms with Gasteiger partial charge in [0, 0.05) is 17.3 Å². The molecule has 0 radical (unpaired) electrons. The lowest BCUT2D eigenvalue weighted by Gasteiger charge is -2.08. The predicted molar refractivity (Wildman–Crippen MR) is 85.3 cm³/mol. The van der Waals surface area contributed by atoms with E-state index in [2.05, 4.69) is 20.6 Å². The fourth-order valence-electron chi connectivity index (χ4n) is 1.91. The van der Waals surface area contributed by atoms with E-state index in [9.17, 15) is 4.79 Å². The predicted octanol–water partition coefficient (Wildman–Crippen LogP) is 2.64. The van der Waals surface area contributed by atoms with Gasteiger partial charge in [-0.1, -0.05) is 12.1 Å². The van der Waals surface area contributed by atoms with Crippen molar-refractivity contribution in [2.24, 2.45) is 0 Å². The molecule has 22 heavy (non-hydrogen) atoms. The summed E-state index contributed by atoms with van der Waals surface area (Å²) >= 11 is 1.57. The van der Waals surface area contributed by atoms with Crippen molar-refractivity contribution in [3.05, 3.63) is 60.6 Å². The van der Waals surface area contributed by atoms with Crippen molar-refractivity contribution in [3.8, 4) is 5.82 Å². The third-order valence-electron chi connectivity index (χ3n) is 2.98. The molecule has 0 spiro atoms. The Morgan fingerprint density at radius 2 is 2.00 bits per heavy atom. The second-order valence-corrected chi connectivity index (χ2v) is 5.23. The minimum absolute atomic E-state index is 0.256. The lowest BCUT2D eigenvalue weighted by Crippen LogP contribution is -2.15. The van der Waals surface area contributed by atoms with Crippen LogP contribution in [0.5, 0.6) is 0 Å². The maximum Gasteiger partial charge on any atom is 0.276 e. The van der Waals surface area contributed by atoms with Crippen molar-refractivity contribution in [2.75, 3.05) is 11.6 Å². The topological polar surface area (TPSA) is 72.7 Å². The summed E-state index contributed by atoms with van der Waals surface area (Å²) in [4.78, 5) is 13.2. The normalized spacial score (nSPS) is 10.4. The molecule has 1 aromatic carbocycles. The van der Waals surface area contributed by atoms with Gasteiger partial charge in [0.05, 0.1) is 5.69 Å². The molecular weight excluding hydrogens is 298 g/mol. The molecule has 110 valence electrons. The van der Waals surface area contributed by atoms with Gasteiger partial charge in [-0.15, -0.1) is 22.0 Å². The highest BCUT2D eigenvalue weighted by molar-refractivity contribution is 7.98. The van der Waals surface area contributed by atoms with E-state index in [1.807, 2.05) is 30.5 Å². The van der Waals surface area contributed by atoms with E-state index in [0.717, 1.165) is 10.6 Å². The van der Waals surface area contributed by atoms with E-state index in [1.54, 1.807) is 47.0 Å². The van der Waals surface area contributed by atoms with Crippen LogP contribution in [0, 0.1) is 0 Å². The Morgan fingerprint density at radius 1 is 1.14 bits per heavy atom. The molecule has 2 heterocycles. The third-order valence-corrected chi connectivity index (χ3v) is 3.77. The van der Waals surface area contributed by atoms with Gasteiger partial charge in [-0.3, -0.25) is 4.79 Å². The summed E-state index contributed by atoms with van der Waals surface area (Å²) in [6.45, 7) is 0. The first-order valence-corrected chi connectivity index (χ1v) is 7.78. The zero-order chi connectivity index (χ0) is 15.4. The van der Waals surface area contributed by atoms with Crippen molar-refractivity contribution < 1.29 is 4.79 Å². The Balaban J connectivity index is 1.78. The van der Waals surface area contributed by atoms with Crippen LogP contribution in [0.25, 0.3) is 5.82 Å². The smallest absolute Gasteiger partial charge is 0.276 e. The van der Waals surface area contributed by atoms with Crippen molar-refractivity contribution >= 4 is 23.4 Å². The largest absolute Gasteiger partial charge is 0.320 e. The summed E-state index contributed by atoms with van der Waals surface area (Å²) in [5, 5.41) is 14.9. The minimum atomic E-state index is -0.291. The quantitative estimate of drug-likeness (QED) is 0.750. The summed E-state index contributed by atoms with van der Waals surface area (Å²) in [6.07, 6.45) is 5.38. The van der Waals surface area contributed by atoms with Crippen LogP contribution in [-0.2, 0) is 0 Å². The fourth-order valence-corrected chi connectivity index (χ4v) is 2.46. The summed E-state index contributed by atoms with van der Waals surface area (Å²) < 4.78 is 1.58. The maximum absolute atomic E-state index is 12.2. The Kier molecular flexibility index (Phi) is 4.15. The Labute approximate surface area is 131 Å². The number of hydrogen-bond donors (Lipinski definition) is 1. The number of hydrogen-bond acceptors (Lipinski definition) is 5. The second kappa shape index (κ2) is 6.40. The van der Waals surface area contributed by atoms with Gasteiger partial charge in [-0.2, -0.15) is 5.10 Å². The van der Waals surface area contributed by atoms with Gasteiger partial charge in [0.25, 0.3) is 5.91 Å². The molecule has 0 unspecified atom stereocenters. The molecule has 3 rings (SSSR count). The molecule has 0 aliphatic carbocycles. The SMILES string of the molecule is CSc1ccccc1NC(=O)c1ccc(-n2cccn2)nn1. The zero-order valence-electron chi connectivity index (χ0n) is 11.8. The summed E-state index contributed by atoms with van der Waals surface area (Å²) in [7, 11) is 0. The van der Waals surface area contributed by atoms with Gasteiger partial charge in [-0.05, 0) is 36.6 Å². The number of nitrogens with one attached hydrogen (secondary N) is 1. The van der Waals surface area contributed by atoms with Crippen LogP contribution in [0.4, 0.5) is 5.69 Å². The van der Waals surface area contributed by atoms with Crippen molar-refractivity contribution in [3.63, 3.8) is 0 Å². The summed E-state index contributed by atoms with van der Waals surface area (Å²) in [5.74, 6) is 0.270. The van der Waals surface area contributed by atoms with Gasteiger partial charge in [0.1, 0.15) is 0 Å². The Hall–Kier alpha value is -2.67. The van der Waals surface area contributed by atoms with E-state index < -0.39 is 0 Å². The van der Waals surface area contributed by atoms with Crippen LogP contribution in [0.1, 0.15) is 10.5 Å². The summed E-state index contributed by atoms with van der Waals surface area (Å²) in [5.41, 5.74) is 1.02. The highest BCUT2D eigenvalue weighted by Gasteiger charge is 2.11. The molecule has 0 aliphatic heterocycles. The molecule has 0 saturated heterocycles. The minimum Gasteiger partial charge on any atom is -0.320 e. The van der Waals surface area contributed by atoms with Gasteiger partial charge >= 0.3 is 0 Å². The van der Waals surface area contributed by atoms with Crippen LogP contribution in [0.2, 0.25) is 0 Å². The second-order valence-electron chi connectivity index (χ2n) is 4.38. The van der Waals surface area contributed by atoms with Crippen LogP contribution in [-0.4, -0.2) is 32.1 Å². The molecule has 0 atom stereocenters. The summed E-state index contributed by atoms with van der Waals surface area (Å²) in [6, 6.07) is 12.7. The number of benzene rings is 1. The molecule has 1 amide bonds. The average Bonchev–Trinajstić information content (AvgIpc) is 3.10. The van der Waals surface area contributed by atoms with Crippen molar-refractivity contribution in [1.29, 1.82) is 0 Å². The monoisotopic (exact) mass is 311 g/mol. The van der Waals surface area contributed by atoms with E-state index in [4.69, 9.17) is 0 Å². The number of carbonyl (C=O) groups excluding carboxylic acids is 1. The number of nitrogens with zero attached hydrogens (tertiary/aromatic N) is 4. The number of aromatic nitrogens is 4. The molecule has 0 saturated carbocycles. The van der Waals surface area contributed by atoms with Gasteiger partial charge in [0.15, 0.2) is 11.5 Å². The van der Waals surface area contributed by atoms with Crippen LogP contribution < -0.4 is 5.32 Å². The first-order chi connectivity index (χ1) is 10.8. The lowest BCUT2D eigenvalue weighted by molar-refractivity contribution is 0.102. The van der Waals surface area contributed by atoms with Crippen LogP contribution >= 0.6 is 11.8 Å². The number of carbonyl (C=O) groups is 1. The molecular formula is C15H13N5OS. The molecule has 3 aromatic rings. The molecule has 0 aliphatic rings. The first-order valence-electron chi connectivity index (χ1n) is 6.56. The molecule has 7 heteroatoms. The Bertz CT molecular complexity index is 771. The van der Waals surface area contributed by atoms with Gasteiger partial charge < -0.3 is 5.32 Å². The van der Waals surface area contributed by atoms with Gasteiger partial charge in [0.2, 0.25) is 0 Å². The standard InChI is InChI=1S/C15H13N5OS/c1-22-13-6-3-2-5-11(13)17-15(21)12-7-8-14(19-18-12)20-10-4-9-16-20/h2-10H,1H3,(H,17,21). The highest BCUT2D eigenvalue weighted by atomic mass is 32.2. The zero-order valence-corrected chi connectivity index (χ0v) is 12.6. The van der Waals surface area contributed by atoms with E-state index in [0.29, 0.717) is 5.82 Å². The molecule has 1 N–H and O–H groups in total. The van der Waals surface area contributed by atoms with E-state index in [-0.39, 0.29) is 11.6 Å². The van der Waals surface area contributed by atoms with E-state index in [1.165, 1.54) is 0 Å². The molecule has 0 bridgehead atoms. The third kappa shape index (κ3) is 2.99. The molecule has 0 fully saturated rings. The highest BCUT2D eigenvalue weighted by Crippen LogP contribution is 2.24. The maximum atomic E-state index is 12.2. The number of anilines is 1. The van der Waals surface area contributed by atoms with Crippen molar-refractivity contribution in [2.45, 2.75) is 4.90 Å². The van der Waals surface area contributed by atoms with Crippen molar-refractivity contribution in [1.82, 2.24) is 20.0 Å². The lowest BCUT2D eigenvalue weighted by atomic mass is 10.3. The van der Waals surface area contributed by atoms with E-state index >= 15 is 0 Å². The number of amides is 1. The van der Waals surface area contributed by atoms with Crippen LogP contribution in [0.15, 0.2) is 59.8 Å².